The van der Waals surface area contributed by atoms with Gasteiger partial charge in [-0.15, -0.1) is 0 Å². The number of nitrogens with one attached hydrogen (secondary N) is 1. The normalized spacial score (nSPS) is 13.4. The minimum absolute atomic E-state index is 0.274. The molecule has 0 radical (unpaired) electrons. The lowest BCUT2D eigenvalue weighted by atomic mass is 10.4. The highest BCUT2D eigenvalue weighted by Gasteiger charge is 2.25. The summed E-state index contributed by atoms with van der Waals surface area (Å²) in [6, 6.07) is 0. The first kappa shape index (κ1) is 22.9. The van der Waals surface area contributed by atoms with E-state index in [2.05, 4.69) is 5.32 Å². The molecule has 0 aromatic rings. The van der Waals surface area contributed by atoms with E-state index in [0.717, 1.165) is 23.3 Å². The number of hydrogen-bond acceptors (Lipinski definition) is 8. The van der Waals surface area contributed by atoms with Gasteiger partial charge in [0.15, 0.2) is 0 Å². The average Bonchev–Trinajstić information content (AvgIpc) is 2.97. The third-order valence-electron chi connectivity index (χ3n) is 3.27. The fourth-order valence-corrected chi connectivity index (χ4v) is 1.94. The molecule has 1 rings (SSSR count). The molecule has 152 valence electrons. The Morgan fingerprint density at radius 3 is 1.85 bits per heavy atom. The van der Waals surface area contributed by atoms with Gasteiger partial charge >= 0.3 is 0 Å². The molecule has 3 amide bonds. The van der Waals surface area contributed by atoms with Crippen molar-refractivity contribution < 1.29 is 38.1 Å². The molecule has 1 aliphatic rings. The van der Waals surface area contributed by atoms with Gasteiger partial charge in [-0.1, -0.05) is 0 Å². The van der Waals surface area contributed by atoms with E-state index in [1.54, 1.807) is 0 Å². The highest BCUT2D eigenvalue weighted by Crippen LogP contribution is 2.02. The monoisotopic (exact) mass is 386 g/mol. The second kappa shape index (κ2) is 15.0. The summed E-state index contributed by atoms with van der Waals surface area (Å²) in [6.07, 6.45) is 3.46. The minimum Gasteiger partial charge on any atom is -0.379 e. The molecule has 0 aliphatic carbocycles. The Kier molecular flexibility index (Phi) is 12.7. The van der Waals surface area contributed by atoms with E-state index in [1.807, 2.05) is 0 Å². The predicted molar refractivity (Wildman–Crippen MR) is 92.8 cm³/mol. The quantitative estimate of drug-likeness (QED) is 0.186. The highest BCUT2D eigenvalue weighted by molar-refractivity contribution is 6.14. The third kappa shape index (κ3) is 11.2. The smallest absolute Gasteiger partial charge is 0.254 e. The van der Waals surface area contributed by atoms with Crippen LogP contribution in [0, 0.1) is 0 Å². The van der Waals surface area contributed by atoms with Crippen molar-refractivity contribution >= 4 is 24.0 Å². The zero-order valence-electron chi connectivity index (χ0n) is 15.2. The van der Waals surface area contributed by atoms with Crippen molar-refractivity contribution in [1.29, 1.82) is 0 Å². The lowest BCUT2D eigenvalue weighted by Gasteiger charge is -2.13. The Bertz CT molecular complexity index is 491. The Morgan fingerprint density at radius 2 is 1.33 bits per heavy atom. The molecule has 0 spiro atoms. The van der Waals surface area contributed by atoms with Gasteiger partial charge < -0.3 is 29.1 Å². The van der Waals surface area contributed by atoms with Crippen LogP contribution < -0.4 is 5.32 Å². The van der Waals surface area contributed by atoms with Crippen LogP contribution in [0.4, 0.5) is 0 Å². The van der Waals surface area contributed by atoms with Crippen LogP contribution in [0.1, 0.15) is 6.42 Å². The molecule has 0 fully saturated rings. The molecule has 10 heteroatoms. The summed E-state index contributed by atoms with van der Waals surface area (Å²) < 4.78 is 21.0. The van der Waals surface area contributed by atoms with Crippen molar-refractivity contribution in [3.8, 4) is 0 Å². The molecule has 1 heterocycles. The number of imide groups is 1. The maximum absolute atomic E-state index is 11.6. The molecular formula is C17H26N2O8. The third-order valence-corrected chi connectivity index (χ3v) is 3.27. The van der Waals surface area contributed by atoms with Crippen LogP contribution in [0.5, 0.6) is 0 Å². The fraction of sp³-hybridized carbons (Fsp3) is 0.647. The molecular weight excluding hydrogens is 360 g/mol. The minimum atomic E-state index is -0.488. The number of carbonyl (C=O) groups is 4. The first-order valence-electron chi connectivity index (χ1n) is 8.70. The summed E-state index contributed by atoms with van der Waals surface area (Å²) in [5.41, 5.74) is 0. The van der Waals surface area contributed by atoms with Crippen LogP contribution in [-0.2, 0) is 38.1 Å². The van der Waals surface area contributed by atoms with E-state index in [0.29, 0.717) is 59.3 Å². The summed E-state index contributed by atoms with van der Waals surface area (Å²) in [5.74, 6) is -1.40. The molecule has 1 N–H and O–H groups in total. The first-order valence-corrected chi connectivity index (χ1v) is 8.70. The highest BCUT2D eigenvalue weighted by atomic mass is 16.6. The number of nitrogens with zero attached hydrogens (tertiary/aromatic N) is 1. The van der Waals surface area contributed by atoms with Gasteiger partial charge in [-0.25, -0.2) is 0 Å². The largest absolute Gasteiger partial charge is 0.379 e. The van der Waals surface area contributed by atoms with Gasteiger partial charge in [0.2, 0.25) is 5.91 Å². The van der Waals surface area contributed by atoms with Crippen LogP contribution >= 0.6 is 0 Å². The Morgan fingerprint density at radius 1 is 0.852 bits per heavy atom. The summed E-state index contributed by atoms with van der Waals surface area (Å²) in [7, 11) is 0. The van der Waals surface area contributed by atoms with Crippen LogP contribution in [-0.4, -0.2) is 94.9 Å². The van der Waals surface area contributed by atoms with Crippen molar-refractivity contribution in [2.45, 2.75) is 6.42 Å². The molecule has 0 saturated heterocycles. The van der Waals surface area contributed by atoms with E-state index in [1.165, 1.54) is 0 Å². The van der Waals surface area contributed by atoms with Gasteiger partial charge in [0.25, 0.3) is 11.8 Å². The lowest BCUT2D eigenvalue weighted by molar-refractivity contribution is -0.141. The molecule has 0 aromatic carbocycles. The Labute approximate surface area is 157 Å². The zero-order valence-corrected chi connectivity index (χ0v) is 15.2. The van der Waals surface area contributed by atoms with E-state index >= 15 is 0 Å². The average molecular weight is 386 g/mol. The van der Waals surface area contributed by atoms with Crippen molar-refractivity contribution in [3.63, 3.8) is 0 Å². The summed E-state index contributed by atoms with van der Waals surface area (Å²) in [5, 5.41) is 2.56. The number of aldehydes is 1. The molecule has 1 aliphatic heterocycles. The standard InChI is InChI=1S/C17H26N2O8/c20-5-1-6-24-8-10-26-12-13-27-11-9-25-7-4-18-15(21)14-19-16(22)2-3-17(19)23/h2-3,5H,1,4,6-14H2,(H,18,21). The lowest BCUT2D eigenvalue weighted by Crippen LogP contribution is -2.41. The van der Waals surface area contributed by atoms with Crippen molar-refractivity contribution in [3.05, 3.63) is 12.2 Å². The summed E-state index contributed by atoms with van der Waals surface area (Å²) in [6.45, 7) is 3.22. The molecule has 10 nitrogen and oxygen atoms in total. The predicted octanol–water partition coefficient (Wildman–Crippen LogP) is -1.32. The van der Waals surface area contributed by atoms with Crippen LogP contribution in [0.15, 0.2) is 12.2 Å². The van der Waals surface area contributed by atoms with Crippen molar-refractivity contribution in [2.24, 2.45) is 0 Å². The molecule has 0 aromatic heterocycles. The number of ether oxygens (including phenoxy) is 4. The van der Waals surface area contributed by atoms with Crippen LogP contribution in [0.3, 0.4) is 0 Å². The van der Waals surface area contributed by atoms with Crippen LogP contribution in [0.2, 0.25) is 0 Å². The maximum Gasteiger partial charge on any atom is 0.254 e. The van der Waals surface area contributed by atoms with E-state index < -0.39 is 17.7 Å². The second-order valence-corrected chi connectivity index (χ2v) is 5.35. The molecule has 0 unspecified atom stereocenters. The van der Waals surface area contributed by atoms with Crippen LogP contribution in [0.25, 0.3) is 0 Å². The van der Waals surface area contributed by atoms with Crippen molar-refractivity contribution in [1.82, 2.24) is 10.2 Å². The number of carbonyl (C=O) groups excluding carboxylic acids is 4. The molecule has 0 atom stereocenters. The molecule has 27 heavy (non-hydrogen) atoms. The van der Waals surface area contributed by atoms with Gasteiger partial charge in [0, 0.05) is 25.1 Å². The Hall–Kier alpha value is -2.14. The molecule has 0 bridgehead atoms. The number of amides is 3. The van der Waals surface area contributed by atoms with Gasteiger partial charge in [-0.3, -0.25) is 19.3 Å². The second-order valence-electron chi connectivity index (χ2n) is 5.35. The van der Waals surface area contributed by atoms with Crippen molar-refractivity contribution in [2.75, 3.05) is 65.9 Å². The van der Waals surface area contributed by atoms with Gasteiger partial charge in [-0.2, -0.15) is 0 Å². The summed E-state index contributed by atoms with van der Waals surface area (Å²) in [4.78, 5) is 45.2. The number of rotatable bonds is 17. The van der Waals surface area contributed by atoms with E-state index in [9.17, 15) is 19.2 Å². The molecule has 0 saturated carbocycles. The van der Waals surface area contributed by atoms with E-state index in [4.69, 9.17) is 18.9 Å². The Balaban J connectivity index is 1.81. The maximum atomic E-state index is 11.6. The van der Waals surface area contributed by atoms with Gasteiger partial charge in [0.1, 0.15) is 12.8 Å². The fourth-order valence-electron chi connectivity index (χ4n) is 1.94. The topological polar surface area (TPSA) is 120 Å². The first-order chi connectivity index (χ1) is 13.1. The van der Waals surface area contributed by atoms with E-state index in [-0.39, 0.29) is 13.1 Å². The summed E-state index contributed by atoms with van der Waals surface area (Å²) >= 11 is 0. The zero-order chi connectivity index (χ0) is 19.7. The van der Waals surface area contributed by atoms with Gasteiger partial charge in [0.05, 0.1) is 52.9 Å². The van der Waals surface area contributed by atoms with Gasteiger partial charge in [-0.05, 0) is 0 Å². The number of hydrogen-bond donors (Lipinski definition) is 1. The SMILES string of the molecule is O=CCCOCCOCCOCCOCCNC(=O)CN1C(=O)C=CC1=O.